The number of nitrogens with one attached hydrogen (secondary N) is 1. The first-order valence-corrected chi connectivity index (χ1v) is 8.88. The quantitative estimate of drug-likeness (QED) is 0.657. The highest BCUT2D eigenvalue weighted by Gasteiger charge is 2.23. The van der Waals surface area contributed by atoms with Crippen LogP contribution in [0, 0.1) is 0 Å². The van der Waals surface area contributed by atoms with Crippen molar-refractivity contribution in [3.63, 3.8) is 0 Å². The van der Waals surface area contributed by atoms with Crippen molar-refractivity contribution >= 4 is 11.9 Å². The van der Waals surface area contributed by atoms with Gasteiger partial charge in [0.1, 0.15) is 6.54 Å². The van der Waals surface area contributed by atoms with Gasteiger partial charge in [-0.15, -0.1) is 0 Å². The third-order valence-corrected chi connectivity index (χ3v) is 4.62. The number of esters is 1. The first-order chi connectivity index (χ1) is 13.9. The Kier molecular flexibility index (Phi) is 6.01. The van der Waals surface area contributed by atoms with Crippen LogP contribution in [-0.4, -0.2) is 53.7 Å². The fourth-order valence-electron chi connectivity index (χ4n) is 3.08. The molecule has 1 amide bonds. The van der Waals surface area contributed by atoms with Gasteiger partial charge in [-0.1, -0.05) is 0 Å². The number of hydrogen-bond donors (Lipinski definition) is 1. The van der Waals surface area contributed by atoms with Crippen LogP contribution < -0.4 is 20.7 Å². The highest BCUT2D eigenvalue weighted by atomic mass is 16.5. The number of H-pyrrole nitrogens is 1. The van der Waals surface area contributed by atoms with Crippen LogP contribution in [0.15, 0.2) is 34.0 Å². The zero-order chi connectivity index (χ0) is 21.0. The molecule has 2 aromatic rings. The van der Waals surface area contributed by atoms with Crippen molar-refractivity contribution in [3.8, 4) is 11.5 Å². The Labute approximate surface area is 165 Å². The molecule has 1 aliphatic rings. The third-order valence-electron chi connectivity index (χ3n) is 4.62. The van der Waals surface area contributed by atoms with E-state index in [1.54, 1.807) is 19.1 Å². The lowest BCUT2D eigenvalue weighted by atomic mass is 9.99. The lowest BCUT2D eigenvalue weighted by molar-refractivity contribution is -0.153. The van der Waals surface area contributed by atoms with Crippen LogP contribution in [0.2, 0.25) is 0 Å². The first-order valence-electron chi connectivity index (χ1n) is 8.88. The molecule has 0 unspecified atom stereocenters. The van der Waals surface area contributed by atoms with Crippen LogP contribution in [0.5, 0.6) is 11.5 Å². The Morgan fingerprint density at radius 1 is 1.10 bits per heavy atom. The van der Waals surface area contributed by atoms with Crippen LogP contribution in [0.25, 0.3) is 0 Å². The van der Waals surface area contributed by atoms with E-state index in [0.29, 0.717) is 31.0 Å². The molecular formula is C19H21N3O7. The van der Waals surface area contributed by atoms with Crippen molar-refractivity contribution in [2.45, 2.75) is 19.5 Å². The van der Waals surface area contributed by atoms with Gasteiger partial charge in [-0.25, -0.2) is 4.79 Å². The average molecular weight is 403 g/mol. The zero-order valence-corrected chi connectivity index (χ0v) is 16.1. The minimum atomic E-state index is -0.753. The number of rotatable bonds is 6. The van der Waals surface area contributed by atoms with Crippen LogP contribution in [0.3, 0.4) is 0 Å². The fourth-order valence-corrected chi connectivity index (χ4v) is 3.08. The molecule has 1 N–H and O–H groups in total. The smallest absolute Gasteiger partial charge is 0.328 e. The summed E-state index contributed by atoms with van der Waals surface area (Å²) in [7, 11) is 3.11. The highest BCUT2D eigenvalue weighted by Crippen LogP contribution is 2.33. The number of aromatic nitrogens is 2. The number of benzene rings is 1. The topological polar surface area (TPSA) is 120 Å². The number of aromatic amines is 1. The molecule has 2 heterocycles. The standard InChI is InChI=1S/C19H21N3O7/c1-27-14-7-12-3-5-21(9-13(12)8-15(14)28-2)17(24)11-29-18(25)10-22-6-4-16(23)20-19(22)26/h4,6-8H,3,5,9-11H2,1-2H3,(H,20,23,26). The van der Waals surface area contributed by atoms with E-state index < -0.39 is 30.4 Å². The van der Waals surface area contributed by atoms with Gasteiger partial charge in [-0.3, -0.25) is 23.9 Å². The van der Waals surface area contributed by atoms with Gasteiger partial charge in [0.05, 0.1) is 14.2 Å². The predicted octanol–water partition coefficient (Wildman–Crippen LogP) is -0.318. The predicted molar refractivity (Wildman–Crippen MR) is 101 cm³/mol. The van der Waals surface area contributed by atoms with Crippen LogP contribution in [-0.2, 0) is 33.8 Å². The van der Waals surface area contributed by atoms with Crippen LogP contribution in [0.4, 0.5) is 0 Å². The molecule has 10 heteroatoms. The number of carbonyl (C=O) groups excluding carboxylic acids is 2. The Morgan fingerprint density at radius 2 is 1.79 bits per heavy atom. The summed E-state index contributed by atoms with van der Waals surface area (Å²) in [6.07, 6.45) is 1.83. The van der Waals surface area contributed by atoms with Crippen LogP contribution in [0.1, 0.15) is 11.1 Å². The van der Waals surface area contributed by atoms with E-state index in [4.69, 9.17) is 14.2 Å². The molecule has 0 fully saturated rings. The molecule has 0 saturated heterocycles. The molecular weight excluding hydrogens is 382 g/mol. The van der Waals surface area contributed by atoms with Crippen molar-refractivity contribution in [2.75, 3.05) is 27.4 Å². The van der Waals surface area contributed by atoms with Gasteiger partial charge >= 0.3 is 11.7 Å². The van der Waals surface area contributed by atoms with Crippen molar-refractivity contribution in [3.05, 3.63) is 56.4 Å². The maximum absolute atomic E-state index is 12.4. The highest BCUT2D eigenvalue weighted by molar-refractivity contribution is 5.81. The Morgan fingerprint density at radius 3 is 2.45 bits per heavy atom. The monoisotopic (exact) mass is 403 g/mol. The molecule has 0 radical (unpaired) electrons. The van der Waals surface area contributed by atoms with Crippen molar-refractivity contribution < 1.29 is 23.8 Å². The van der Waals surface area contributed by atoms with Gasteiger partial charge in [-0.2, -0.15) is 0 Å². The van der Waals surface area contributed by atoms with Gasteiger partial charge in [-0.05, 0) is 29.7 Å². The second-order valence-corrected chi connectivity index (χ2v) is 6.44. The summed E-state index contributed by atoms with van der Waals surface area (Å²) >= 11 is 0. The molecule has 1 aromatic heterocycles. The second kappa shape index (κ2) is 8.63. The molecule has 0 atom stereocenters. The summed E-state index contributed by atoms with van der Waals surface area (Å²) in [5.41, 5.74) is 0.724. The molecule has 0 spiro atoms. The zero-order valence-electron chi connectivity index (χ0n) is 16.1. The number of amides is 1. The molecule has 0 aliphatic carbocycles. The Hall–Kier alpha value is -3.56. The van der Waals surface area contributed by atoms with Crippen molar-refractivity contribution in [1.29, 1.82) is 0 Å². The average Bonchev–Trinajstić information content (AvgIpc) is 2.72. The summed E-state index contributed by atoms with van der Waals surface area (Å²) in [4.78, 5) is 50.6. The summed E-state index contributed by atoms with van der Waals surface area (Å²) in [5, 5.41) is 0. The number of hydrogen-bond acceptors (Lipinski definition) is 7. The maximum Gasteiger partial charge on any atom is 0.328 e. The van der Waals surface area contributed by atoms with E-state index in [9.17, 15) is 19.2 Å². The van der Waals surface area contributed by atoms with Crippen molar-refractivity contribution in [2.24, 2.45) is 0 Å². The molecule has 10 nitrogen and oxygen atoms in total. The van der Waals surface area contributed by atoms with Gasteiger partial charge in [0.25, 0.3) is 11.5 Å². The lowest BCUT2D eigenvalue weighted by Gasteiger charge is -2.29. The first kappa shape index (κ1) is 20.2. The number of carbonyl (C=O) groups is 2. The normalized spacial score (nSPS) is 12.8. The van der Waals surface area contributed by atoms with E-state index in [2.05, 4.69) is 0 Å². The van der Waals surface area contributed by atoms with E-state index in [0.717, 1.165) is 21.8 Å². The van der Waals surface area contributed by atoms with E-state index >= 15 is 0 Å². The van der Waals surface area contributed by atoms with E-state index in [1.165, 1.54) is 6.20 Å². The van der Waals surface area contributed by atoms with Crippen LogP contribution >= 0.6 is 0 Å². The van der Waals surface area contributed by atoms with Gasteiger partial charge < -0.3 is 19.1 Å². The molecule has 3 rings (SSSR count). The van der Waals surface area contributed by atoms with Crippen molar-refractivity contribution in [1.82, 2.24) is 14.5 Å². The summed E-state index contributed by atoms with van der Waals surface area (Å²) < 4.78 is 16.6. The third kappa shape index (κ3) is 4.65. The second-order valence-electron chi connectivity index (χ2n) is 6.44. The molecule has 0 saturated carbocycles. The summed E-state index contributed by atoms with van der Waals surface area (Å²) in [6.45, 7) is 0.0198. The van der Waals surface area contributed by atoms with E-state index in [-0.39, 0.29) is 5.91 Å². The molecule has 29 heavy (non-hydrogen) atoms. The molecule has 1 aliphatic heterocycles. The number of ether oxygens (including phenoxy) is 3. The molecule has 0 bridgehead atoms. The Balaban J connectivity index is 1.58. The van der Waals surface area contributed by atoms with Gasteiger partial charge in [0, 0.05) is 25.4 Å². The largest absolute Gasteiger partial charge is 0.493 e. The summed E-state index contributed by atoms with van der Waals surface area (Å²) in [6, 6.07) is 4.86. The summed E-state index contributed by atoms with van der Waals surface area (Å²) in [5.74, 6) is 0.125. The van der Waals surface area contributed by atoms with E-state index in [1.807, 2.05) is 17.1 Å². The number of fused-ring (bicyclic) bond motifs is 1. The number of methoxy groups -OCH3 is 2. The SMILES string of the molecule is COc1cc2c(cc1OC)CN(C(=O)COC(=O)Cn1ccc(=O)[nH]c1=O)CC2. The minimum Gasteiger partial charge on any atom is -0.493 e. The lowest BCUT2D eigenvalue weighted by Crippen LogP contribution is -2.39. The maximum atomic E-state index is 12.4. The minimum absolute atomic E-state index is 0.340. The molecule has 154 valence electrons. The Bertz CT molecular complexity index is 1040. The fraction of sp³-hybridized carbons (Fsp3) is 0.368. The molecule has 1 aromatic carbocycles. The number of nitrogens with zero attached hydrogens (tertiary/aromatic N) is 2. The van der Waals surface area contributed by atoms with Gasteiger partial charge in [0.15, 0.2) is 18.1 Å². The van der Waals surface area contributed by atoms with Gasteiger partial charge in [0.2, 0.25) is 0 Å².